The molecule has 0 radical (unpaired) electrons. The summed E-state index contributed by atoms with van der Waals surface area (Å²) in [5.41, 5.74) is 1.99. The fourth-order valence-corrected chi connectivity index (χ4v) is 2.30. The number of carbonyl (C=O) groups excluding carboxylic acids is 1. The quantitative estimate of drug-likeness (QED) is 0.862. The highest BCUT2D eigenvalue weighted by Crippen LogP contribution is 2.25. The normalized spacial score (nSPS) is 17.0. The molecule has 0 aliphatic carbocycles. The van der Waals surface area contributed by atoms with Crippen LogP contribution in [0, 0.1) is 0 Å². The van der Waals surface area contributed by atoms with Crippen molar-refractivity contribution in [1.82, 2.24) is 5.32 Å². The first-order valence-electron chi connectivity index (χ1n) is 7.11. The second-order valence-electron chi connectivity index (χ2n) is 5.02. The Labute approximate surface area is 129 Å². The minimum atomic E-state index is -0.419. The Kier molecular flexibility index (Phi) is 4.21. The summed E-state index contributed by atoms with van der Waals surface area (Å²) in [5, 5.41) is 3.19. The Morgan fingerprint density at radius 2 is 1.82 bits per heavy atom. The van der Waals surface area contributed by atoms with Gasteiger partial charge in [-0.3, -0.25) is 5.32 Å². The van der Waals surface area contributed by atoms with Gasteiger partial charge in [-0.1, -0.05) is 30.3 Å². The van der Waals surface area contributed by atoms with E-state index in [1.165, 1.54) is 0 Å². The van der Waals surface area contributed by atoms with E-state index < -0.39 is 6.04 Å². The molecule has 2 aromatic rings. The lowest BCUT2D eigenvalue weighted by Gasteiger charge is -2.07. The summed E-state index contributed by atoms with van der Waals surface area (Å²) in [6.07, 6.45) is 1.81. The van der Waals surface area contributed by atoms with E-state index in [0.717, 1.165) is 16.9 Å². The van der Waals surface area contributed by atoms with Crippen molar-refractivity contribution in [2.24, 2.45) is 0 Å². The molecule has 0 saturated carbocycles. The predicted octanol–water partition coefficient (Wildman–Crippen LogP) is 2.75. The first-order valence-corrected chi connectivity index (χ1v) is 7.11. The average Bonchev–Trinajstić information content (AvgIpc) is 2.95. The maximum absolute atomic E-state index is 11.9. The molecule has 1 unspecified atom stereocenters. The zero-order valence-corrected chi connectivity index (χ0v) is 12.3. The lowest BCUT2D eigenvalue weighted by molar-refractivity contribution is -0.136. The van der Waals surface area contributed by atoms with Crippen LogP contribution in [0.3, 0.4) is 0 Å². The molecular formula is C18H17NO3. The Balaban J connectivity index is 1.68. The van der Waals surface area contributed by atoms with Crippen LogP contribution in [-0.2, 0) is 16.1 Å². The fraction of sp³-hybridized carbons (Fsp3) is 0.167. The van der Waals surface area contributed by atoms with Crippen LogP contribution in [0.2, 0.25) is 0 Å². The number of esters is 1. The van der Waals surface area contributed by atoms with Gasteiger partial charge in [0, 0.05) is 12.1 Å². The highest BCUT2D eigenvalue weighted by atomic mass is 16.5. The van der Waals surface area contributed by atoms with Gasteiger partial charge in [0.15, 0.2) is 0 Å². The maximum Gasteiger partial charge on any atom is 0.332 e. The third-order valence-electron chi connectivity index (χ3n) is 3.53. The molecule has 1 atom stereocenters. The summed E-state index contributed by atoms with van der Waals surface area (Å²) >= 11 is 0. The van der Waals surface area contributed by atoms with Crippen LogP contribution < -0.4 is 10.1 Å². The van der Waals surface area contributed by atoms with Crippen molar-refractivity contribution in [2.75, 3.05) is 7.11 Å². The molecule has 0 aromatic heterocycles. The van der Waals surface area contributed by atoms with Gasteiger partial charge >= 0.3 is 5.97 Å². The third-order valence-corrected chi connectivity index (χ3v) is 3.53. The second kappa shape index (κ2) is 6.45. The number of rotatable bonds is 5. The maximum atomic E-state index is 11.9. The van der Waals surface area contributed by atoms with E-state index in [0.29, 0.717) is 12.3 Å². The van der Waals surface area contributed by atoms with Crippen LogP contribution in [0.5, 0.6) is 5.75 Å². The number of cyclic esters (lactones) is 1. The molecule has 4 nitrogen and oxygen atoms in total. The van der Waals surface area contributed by atoms with Crippen LogP contribution in [-0.4, -0.2) is 19.1 Å². The first kappa shape index (κ1) is 14.4. The zero-order valence-electron chi connectivity index (χ0n) is 12.3. The number of ether oxygens (including phenoxy) is 2. The molecular weight excluding hydrogens is 278 g/mol. The second-order valence-corrected chi connectivity index (χ2v) is 5.02. The van der Waals surface area contributed by atoms with E-state index in [9.17, 15) is 4.79 Å². The molecule has 22 heavy (non-hydrogen) atoms. The van der Waals surface area contributed by atoms with Crippen molar-refractivity contribution < 1.29 is 14.3 Å². The average molecular weight is 295 g/mol. The van der Waals surface area contributed by atoms with Crippen molar-refractivity contribution in [2.45, 2.75) is 12.6 Å². The standard InChI is InChI=1S/C18H17NO3/c1-21-15-9-7-14(8-10-15)17-11-16(18(20)22-17)19-12-13-5-3-2-4-6-13/h2-11,16,19H,12H2,1H3. The van der Waals surface area contributed by atoms with Crippen molar-refractivity contribution >= 4 is 11.7 Å². The highest BCUT2D eigenvalue weighted by Gasteiger charge is 2.27. The number of carbonyl (C=O) groups is 1. The zero-order chi connectivity index (χ0) is 15.4. The molecule has 1 aliphatic rings. The molecule has 1 aliphatic heterocycles. The van der Waals surface area contributed by atoms with Gasteiger partial charge in [-0.05, 0) is 35.9 Å². The van der Waals surface area contributed by atoms with Crippen molar-refractivity contribution in [3.05, 3.63) is 71.8 Å². The lowest BCUT2D eigenvalue weighted by Crippen LogP contribution is -2.32. The smallest absolute Gasteiger partial charge is 0.332 e. The fourth-order valence-electron chi connectivity index (χ4n) is 2.30. The van der Waals surface area contributed by atoms with Crippen LogP contribution >= 0.6 is 0 Å². The minimum Gasteiger partial charge on any atom is -0.497 e. The van der Waals surface area contributed by atoms with Crippen molar-refractivity contribution in [1.29, 1.82) is 0 Å². The Morgan fingerprint density at radius 3 is 2.50 bits per heavy atom. The molecule has 0 amide bonds. The van der Waals surface area contributed by atoms with E-state index in [4.69, 9.17) is 9.47 Å². The molecule has 0 bridgehead atoms. The van der Waals surface area contributed by atoms with Gasteiger partial charge in [0.1, 0.15) is 17.6 Å². The molecule has 1 N–H and O–H groups in total. The number of nitrogens with one attached hydrogen (secondary N) is 1. The summed E-state index contributed by atoms with van der Waals surface area (Å²) in [4.78, 5) is 11.9. The number of hydrogen-bond acceptors (Lipinski definition) is 4. The molecule has 4 heteroatoms. The third kappa shape index (κ3) is 3.18. The van der Waals surface area contributed by atoms with Crippen molar-refractivity contribution in [3.8, 4) is 5.75 Å². The van der Waals surface area contributed by atoms with Gasteiger partial charge in [0.05, 0.1) is 7.11 Å². The lowest BCUT2D eigenvalue weighted by atomic mass is 10.1. The van der Waals surface area contributed by atoms with Crippen LogP contribution in [0.25, 0.3) is 5.76 Å². The summed E-state index contributed by atoms with van der Waals surface area (Å²) in [5.74, 6) is 1.08. The summed E-state index contributed by atoms with van der Waals surface area (Å²) < 4.78 is 10.5. The van der Waals surface area contributed by atoms with E-state index >= 15 is 0 Å². The SMILES string of the molecule is COc1ccc(C2=CC(NCc3ccccc3)C(=O)O2)cc1. The molecule has 0 saturated heterocycles. The van der Waals surface area contributed by atoms with E-state index in [-0.39, 0.29) is 5.97 Å². The molecule has 1 heterocycles. The van der Waals surface area contributed by atoms with Gasteiger partial charge in [-0.25, -0.2) is 4.79 Å². The molecule has 112 valence electrons. The van der Waals surface area contributed by atoms with Gasteiger partial charge in [-0.15, -0.1) is 0 Å². The number of benzene rings is 2. The monoisotopic (exact) mass is 295 g/mol. The highest BCUT2D eigenvalue weighted by molar-refractivity contribution is 5.90. The first-order chi connectivity index (χ1) is 10.8. The molecule has 2 aromatic carbocycles. The minimum absolute atomic E-state index is 0.276. The van der Waals surface area contributed by atoms with E-state index in [1.807, 2.05) is 60.7 Å². The van der Waals surface area contributed by atoms with Crippen LogP contribution in [0.4, 0.5) is 0 Å². The summed E-state index contributed by atoms with van der Waals surface area (Å²) in [7, 11) is 1.62. The van der Waals surface area contributed by atoms with Gasteiger partial charge in [0.2, 0.25) is 0 Å². The Bertz CT molecular complexity index is 677. The predicted molar refractivity (Wildman–Crippen MR) is 84.1 cm³/mol. The Morgan fingerprint density at radius 1 is 1.09 bits per heavy atom. The van der Waals surface area contributed by atoms with Gasteiger partial charge in [-0.2, -0.15) is 0 Å². The molecule has 0 fully saturated rings. The van der Waals surface area contributed by atoms with E-state index in [1.54, 1.807) is 7.11 Å². The van der Waals surface area contributed by atoms with E-state index in [2.05, 4.69) is 5.32 Å². The van der Waals surface area contributed by atoms with Gasteiger partial charge in [0.25, 0.3) is 0 Å². The Hall–Kier alpha value is -2.59. The van der Waals surface area contributed by atoms with Gasteiger partial charge < -0.3 is 9.47 Å². The van der Waals surface area contributed by atoms with Crippen molar-refractivity contribution in [3.63, 3.8) is 0 Å². The molecule has 0 spiro atoms. The van der Waals surface area contributed by atoms with Crippen LogP contribution in [0.1, 0.15) is 11.1 Å². The number of hydrogen-bond donors (Lipinski definition) is 1. The molecule has 3 rings (SSSR count). The number of methoxy groups -OCH3 is 1. The topological polar surface area (TPSA) is 47.6 Å². The summed E-state index contributed by atoms with van der Waals surface area (Å²) in [6.45, 7) is 0.618. The summed E-state index contributed by atoms with van der Waals surface area (Å²) in [6, 6.07) is 17.0. The largest absolute Gasteiger partial charge is 0.497 e. The van der Waals surface area contributed by atoms with Crippen LogP contribution in [0.15, 0.2) is 60.7 Å².